The maximum Gasteiger partial charge on any atom is 0.337 e. The molecule has 0 unspecified atom stereocenters. The Balaban J connectivity index is 1.59. The highest BCUT2D eigenvalue weighted by Gasteiger charge is 2.20. The summed E-state index contributed by atoms with van der Waals surface area (Å²) in [5.41, 5.74) is 5.66. The summed E-state index contributed by atoms with van der Waals surface area (Å²) >= 11 is 5.75. The number of nitrogens with one attached hydrogen (secondary N) is 4. The minimum Gasteiger partial charge on any atom is -0.360 e. The number of ketones is 1. The molecule has 0 saturated carbocycles. The van der Waals surface area contributed by atoms with Crippen LogP contribution in [0.25, 0.3) is 10.9 Å². The van der Waals surface area contributed by atoms with E-state index in [0.29, 0.717) is 16.1 Å². The molecule has 1 aromatic heterocycles. The van der Waals surface area contributed by atoms with Crippen molar-refractivity contribution in [1.29, 1.82) is 0 Å². The first-order valence-electron chi connectivity index (χ1n) is 7.28. The second-order valence-corrected chi connectivity index (χ2v) is 5.55. The van der Waals surface area contributed by atoms with Crippen LogP contribution in [0.4, 0.5) is 10.5 Å². The van der Waals surface area contributed by atoms with E-state index in [9.17, 15) is 14.4 Å². The Labute approximate surface area is 147 Å². The summed E-state index contributed by atoms with van der Waals surface area (Å²) in [6.45, 7) is 0. The molecule has 0 fully saturated rings. The molecule has 3 aromatic rings. The molecule has 0 bridgehead atoms. The van der Waals surface area contributed by atoms with E-state index in [1.165, 1.54) is 6.20 Å². The van der Waals surface area contributed by atoms with Gasteiger partial charge in [0.2, 0.25) is 0 Å². The highest BCUT2D eigenvalue weighted by molar-refractivity contribution is 6.45. The number of benzene rings is 2. The number of urea groups is 1. The van der Waals surface area contributed by atoms with E-state index in [0.717, 1.165) is 5.52 Å². The number of aromatic amines is 1. The van der Waals surface area contributed by atoms with E-state index in [1.807, 2.05) is 6.07 Å². The van der Waals surface area contributed by atoms with Crippen molar-refractivity contribution in [1.82, 2.24) is 15.8 Å². The van der Waals surface area contributed by atoms with Crippen LogP contribution in [0.5, 0.6) is 0 Å². The lowest BCUT2D eigenvalue weighted by atomic mass is 10.1. The molecule has 0 aliphatic rings. The van der Waals surface area contributed by atoms with Gasteiger partial charge < -0.3 is 10.3 Å². The van der Waals surface area contributed by atoms with Gasteiger partial charge in [0, 0.05) is 27.8 Å². The SMILES string of the molecule is O=C(NNC(=O)C(=O)c1c[nH]c2ccccc12)Nc1ccc(Cl)cc1. The topological polar surface area (TPSA) is 103 Å². The molecule has 0 radical (unpaired) electrons. The average Bonchev–Trinajstić information content (AvgIpc) is 3.05. The molecule has 0 aliphatic heterocycles. The molecule has 126 valence electrons. The van der Waals surface area contributed by atoms with E-state index >= 15 is 0 Å². The fraction of sp³-hybridized carbons (Fsp3) is 0. The highest BCUT2D eigenvalue weighted by Crippen LogP contribution is 2.18. The first kappa shape index (κ1) is 16.5. The fourth-order valence-electron chi connectivity index (χ4n) is 2.25. The fourth-order valence-corrected chi connectivity index (χ4v) is 2.37. The Hall–Kier alpha value is -3.32. The summed E-state index contributed by atoms with van der Waals surface area (Å²) in [5.74, 6) is -1.71. The van der Waals surface area contributed by atoms with Crippen LogP contribution in [0.2, 0.25) is 5.02 Å². The average molecular weight is 357 g/mol. The van der Waals surface area contributed by atoms with Crippen molar-refractivity contribution >= 4 is 45.9 Å². The van der Waals surface area contributed by atoms with Crippen LogP contribution in [0, 0.1) is 0 Å². The van der Waals surface area contributed by atoms with E-state index in [2.05, 4.69) is 21.2 Å². The van der Waals surface area contributed by atoms with E-state index in [4.69, 9.17) is 11.6 Å². The standard InChI is InChI=1S/C17H13ClN4O3/c18-10-5-7-11(8-6-10)20-17(25)22-21-16(24)15(23)13-9-19-14-4-2-1-3-12(13)14/h1-9,19H,(H,21,24)(H2,20,22,25). The van der Waals surface area contributed by atoms with Gasteiger partial charge in [-0.1, -0.05) is 29.8 Å². The molecule has 0 spiro atoms. The number of para-hydroxylation sites is 1. The Bertz CT molecular complexity index is 950. The molecule has 2 aromatic carbocycles. The predicted molar refractivity (Wildman–Crippen MR) is 94.4 cm³/mol. The number of carbonyl (C=O) groups is 3. The van der Waals surface area contributed by atoms with E-state index < -0.39 is 17.7 Å². The van der Waals surface area contributed by atoms with Crippen molar-refractivity contribution in [3.8, 4) is 0 Å². The van der Waals surface area contributed by atoms with Crippen molar-refractivity contribution in [3.63, 3.8) is 0 Å². The molecule has 8 heteroatoms. The molecule has 0 aliphatic carbocycles. The number of Topliss-reactive ketones (excluding diaryl/α,β-unsaturated/α-hetero) is 1. The maximum absolute atomic E-state index is 12.2. The Morgan fingerprint density at radius 2 is 1.64 bits per heavy atom. The van der Waals surface area contributed by atoms with Crippen molar-refractivity contribution in [2.45, 2.75) is 0 Å². The Morgan fingerprint density at radius 1 is 0.920 bits per heavy atom. The second-order valence-electron chi connectivity index (χ2n) is 5.12. The summed E-state index contributed by atoms with van der Waals surface area (Å²) in [6.07, 6.45) is 1.46. The summed E-state index contributed by atoms with van der Waals surface area (Å²) < 4.78 is 0. The zero-order valence-electron chi connectivity index (χ0n) is 12.8. The van der Waals surface area contributed by atoms with E-state index in [-0.39, 0.29) is 5.56 Å². The molecular weight excluding hydrogens is 344 g/mol. The quantitative estimate of drug-likeness (QED) is 0.329. The minimum absolute atomic E-state index is 0.230. The molecule has 3 amide bonds. The zero-order chi connectivity index (χ0) is 17.8. The summed E-state index contributed by atoms with van der Waals surface area (Å²) in [7, 11) is 0. The van der Waals surface area contributed by atoms with Crippen LogP contribution < -0.4 is 16.2 Å². The van der Waals surface area contributed by atoms with Gasteiger partial charge in [0.1, 0.15) is 0 Å². The van der Waals surface area contributed by atoms with Crippen molar-refractivity contribution < 1.29 is 14.4 Å². The van der Waals surface area contributed by atoms with Gasteiger partial charge in [0.05, 0.1) is 5.56 Å². The van der Waals surface area contributed by atoms with Gasteiger partial charge in [-0.2, -0.15) is 0 Å². The molecule has 25 heavy (non-hydrogen) atoms. The number of aromatic nitrogens is 1. The van der Waals surface area contributed by atoms with Crippen molar-refractivity contribution in [2.24, 2.45) is 0 Å². The molecule has 4 N–H and O–H groups in total. The number of halogens is 1. The van der Waals surface area contributed by atoms with Crippen LogP contribution in [-0.4, -0.2) is 22.7 Å². The summed E-state index contributed by atoms with van der Waals surface area (Å²) in [4.78, 5) is 38.8. The molecule has 0 saturated heterocycles. The number of fused-ring (bicyclic) bond motifs is 1. The number of hydrazine groups is 1. The number of anilines is 1. The van der Waals surface area contributed by atoms with Crippen LogP contribution >= 0.6 is 11.6 Å². The number of hydrogen-bond donors (Lipinski definition) is 4. The van der Waals surface area contributed by atoms with Gasteiger partial charge in [-0.05, 0) is 30.3 Å². The third-order valence-electron chi connectivity index (χ3n) is 3.43. The number of H-pyrrole nitrogens is 1. The highest BCUT2D eigenvalue weighted by atomic mass is 35.5. The number of carbonyl (C=O) groups excluding carboxylic acids is 3. The lowest BCUT2D eigenvalue weighted by Crippen LogP contribution is -2.46. The van der Waals surface area contributed by atoms with E-state index in [1.54, 1.807) is 42.5 Å². The lowest BCUT2D eigenvalue weighted by Gasteiger charge is -2.08. The molecule has 3 rings (SSSR count). The number of hydrogen-bond acceptors (Lipinski definition) is 3. The largest absolute Gasteiger partial charge is 0.360 e. The van der Waals surface area contributed by atoms with Gasteiger partial charge in [-0.15, -0.1) is 0 Å². The zero-order valence-corrected chi connectivity index (χ0v) is 13.6. The van der Waals surface area contributed by atoms with Gasteiger partial charge in [-0.3, -0.25) is 15.0 Å². The minimum atomic E-state index is -0.948. The molecule has 0 atom stereocenters. The van der Waals surface area contributed by atoms with Crippen LogP contribution in [0.3, 0.4) is 0 Å². The maximum atomic E-state index is 12.2. The van der Waals surface area contributed by atoms with Crippen molar-refractivity contribution in [2.75, 3.05) is 5.32 Å². The van der Waals surface area contributed by atoms with Gasteiger partial charge in [0.25, 0.3) is 5.78 Å². The van der Waals surface area contributed by atoms with Crippen molar-refractivity contribution in [3.05, 3.63) is 65.3 Å². The normalized spacial score (nSPS) is 10.3. The Kier molecular flexibility index (Phi) is 4.67. The van der Waals surface area contributed by atoms with Crippen LogP contribution in [0.15, 0.2) is 54.7 Å². The summed E-state index contributed by atoms with van der Waals surface area (Å²) in [5, 5.41) is 3.65. The summed E-state index contributed by atoms with van der Waals surface area (Å²) in [6, 6.07) is 12.8. The molecule has 7 nitrogen and oxygen atoms in total. The van der Waals surface area contributed by atoms with Gasteiger partial charge in [-0.25, -0.2) is 10.2 Å². The van der Waals surface area contributed by atoms with Gasteiger partial charge >= 0.3 is 11.9 Å². The third kappa shape index (κ3) is 3.78. The van der Waals surface area contributed by atoms with Crippen LogP contribution in [0.1, 0.15) is 10.4 Å². The third-order valence-corrected chi connectivity index (χ3v) is 3.68. The first-order chi connectivity index (χ1) is 12.0. The Morgan fingerprint density at radius 3 is 2.40 bits per heavy atom. The van der Waals surface area contributed by atoms with Crippen LogP contribution in [-0.2, 0) is 4.79 Å². The van der Waals surface area contributed by atoms with Gasteiger partial charge in [0.15, 0.2) is 0 Å². The number of amides is 3. The lowest BCUT2D eigenvalue weighted by molar-refractivity contribution is -0.117. The first-order valence-corrected chi connectivity index (χ1v) is 7.66. The predicted octanol–water partition coefficient (Wildman–Crippen LogP) is 2.86. The number of rotatable bonds is 3. The monoisotopic (exact) mass is 356 g/mol. The second kappa shape index (κ2) is 7.06. The smallest absolute Gasteiger partial charge is 0.337 e. The molecular formula is C17H13ClN4O3. The molecule has 1 heterocycles.